The molecule has 0 radical (unpaired) electrons. The third-order valence-corrected chi connectivity index (χ3v) is 2.67. The lowest BCUT2D eigenvalue weighted by molar-refractivity contribution is 0.279. The van der Waals surface area contributed by atoms with Gasteiger partial charge in [0.15, 0.2) is 0 Å². The molecule has 1 heterocycles. The van der Waals surface area contributed by atoms with Crippen LogP contribution >= 0.6 is 12.4 Å². The number of nitrogens with two attached hydrogens (primary N) is 1. The first-order valence-corrected chi connectivity index (χ1v) is 5.53. The van der Waals surface area contributed by atoms with E-state index in [4.69, 9.17) is 10.8 Å². The van der Waals surface area contributed by atoms with Gasteiger partial charge in [-0.2, -0.15) is 0 Å². The van der Waals surface area contributed by atoms with Crippen molar-refractivity contribution < 1.29 is 5.11 Å². The van der Waals surface area contributed by atoms with Crippen molar-refractivity contribution in [3.05, 3.63) is 42.1 Å². The zero-order valence-electron chi connectivity index (χ0n) is 9.54. The number of hydrogen-bond acceptors (Lipinski definition) is 3. The lowest BCUT2D eigenvalue weighted by atomic mass is 10.1. The first-order valence-electron chi connectivity index (χ1n) is 5.53. The number of aromatic nitrogens is 1. The number of rotatable bonds is 4. The highest BCUT2D eigenvalue weighted by molar-refractivity contribution is 5.85. The molecule has 2 aromatic rings. The van der Waals surface area contributed by atoms with Crippen LogP contribution in [-0.4, -0.2) is 16.7 Å². The van der Waals surface area contributed by atoms with E-state index in [1.165, 1.54) is 0 Å². The molecular weight excluding hydrogens is 236 g/mol. The van der Waals surface area contributed by atoms with Crippen LogP contribution in [0.15, 0.2) is 36.4 Å². The number of benzene rings is 1. The maximum atomic E-state index is 8.76. The molecule has 0 saturated carbocycles. The monoisotopic (exact) mass is 252 g/mol. The second kappa shape index (κ2) is 6.55. The Balaban J connectivity index is 0.00000144. The molecule has 0 unspecified atom stereocenters. The van der Waals surface area contributed by atoms with E-state index in [1.54, 1.807) is 0 Å². The summed E-state index contributed by atoms with van der Waals surface area (Å²) in [6, 6.07) is 11.9. The van der Waals surface area contributed by atoms with Gasteiger partial charge >= 0.3 is 0 Å². The van der Waals surface area contributed by atoms with Crippen molar-refractivity contribution in [3.63, 3.8) is 0 Å². The van der Waals surface area contributed by atoms with Crippen LogP contribution in [0.25, 0.3) is 10.9 Å². The highest BCUT2D eigenvalue weighted by Gasteiger charge is 2.07. The molecule has 3 nitrogen and oxygen atoms in total. The van der Waals surface area contributed by atoms with Gasteiger partial charge in [-0.1, -0.05) is 24.3 Å². The Labute approximate surface area is 107 Å². The largest absolute Gasteiger partial charge is 0.396 e. The minimum absolute atomic E-state index is 0. The lowest BCUT2D eigenvalue weighted by Gasteiger charge is -2.10. The summed E-state index contributed by atoms with van der Waals surface area (Å²) in [5, 5.41) is 9.88. The predicted molar refractivity (Wildman–Crippen MR) is 72.2 cm³/mol. The topological polar surface area (TPSA) is 59.1 Å². The van der Waals surface area contributed by atoms with Crippen molar-refractivity contribution in [1.29, 1.82) is 0 Å². The molecule has 17 heavy (non-hydrogen) atoms. The molecule has 1 atom stereocenters. The number of fused-ring (bicyclic) bond motifs is 1. The van der Waals surface area contributed by atoms with Gasteiger partial charge in [0.05, 0.1) is 11.2 Å². The molecule has 0 aliphatic rings. The fourth-order valence-corrected chi connectivity index (χ4v) is 1.75. The summed E-state index contributed by atoms with van der Waals surface area (Å²) in [6.07, 6.45) is 1.48. The van der Waals surface area contributed by atoms with Gasteiger partial charge in [0.2, 0.25) is 0 Å². The van der Waals surface area contributed by atoms with Crippen LogP contribution in [-0.2, 0) is 0 Å². The summed E-state index contributed by atoms with van der Waals surface area (Å²) in [4.78, 5) is 4.52. The van der Waals surface area contributed by atoms with Crippen molar-refractivity contribution in [1.82, 2.24) is 4.98 Å². The quantitative estimate of drug-likeness (QED) is 0.879. The number of nitrogens with zero attached hydrogens (tertiary/aromatic N) is 1. The highest BCUT2D eigenvalue weighted by Crippen LogP contribution is 2.17. The van der Waals surface area contributed by atoms with Crippen LogP contribution in [0.2, 0.25) is 0 Å². The third kappa shape index (κ3) is 3.40. The van der Waals surface area contributed by atoms with Crippen LogP contribution in [0.4, 0.5) is 0 Å². The Morgan fingerprint density at radius 2 is 1.94 bits per heavy atom. The summed E-state index contributed by atoms with van der Waals surface area (Å²) in [6.45, 7) is 0.182. The first kappa shape index (κ1) is 13.9. The Bertz CT molecular complexity index is 476. The first-order chi connectivity index (χ1) is 7.81. The normalized spacial score (nSPS) is 12.1. The van der Waals surface area contributed by atoms with Gasteiger partial charge in [0.25, 0.3) is 0 Å². The molecule has 1 aromatic heterocycles. The molecule has 4 heteroatoms. The van der Waals surface area contributed by atoms with E-state index in [-0.39, 0.29) is 25.1 Å². The SMILES string of the molecule is Cl.N[C@H](CCCO)c1ccc2ccccc2n1. The van der Waals surface area contributed by atoms with Gasteiger partial charge < -0.3 is 10.8 Å². The number of aliphatic hydroxyl groups excluding tert-OH is 1. The summed E-state index contributed by atoms with van der Waals surface area (Å²) in [5.74, 6) is 0. The standard InChI is InChI=1S/C13H16N2O.ClH/c14-11(5-3-9-16)13-8-7-10-4-1-2-6-12(10)15-13;/h1-2,4,6-8,11,16H,3,5,9,14H2;1H/t11-;/m1./s1. The van der Waals surface area contributed by atoms with Crippen LogP contribution in [0.5, 0.6) is 0 Å². The van der Waals surface area contributed by atoms with E-state index in [0.29, 0.717) is 0 Å². The Hall–Kier alpha value is -1.16. The Morgan fingerprint density at radius 3 is 2.71 bits per heavy atom. The maximum Gasteiger partial charge on any atom is 0.0706 e. The number of halogens is 1. The zero-order chi connectivity index (χ0) is 11.4. The van der Waals surface area contributed by atoms with E-state index in [9.17, 15) is 0 Å². The van der Waals surface area contributed by atoms with Crippen LogP contribution in [0, 0.1) is 0 Å². The van der Waals surface area contributed by atoms with E-state index >= 15 is 0 Å². The van der Waals surface area contributed by atoms with Crippen molar-refractivity contribution in [2.75, 3.05) is 6.61 Å². The van der Waals surface area contributed by atoms with E-state index < -0.39 is 0 Å². The Kier molecular flexibility index (Phi) is 5.35. The molecule has 0 aliphatic carbocycles. The van der Waals surface area contributed by atoms with Gasteiger partial charge in [-0.15, -0.1) is 12.4 Å². The van der Waals surface area contributed by atoms with E-state index in [0.717, 1.165) is 29.4 Å². The number of aliphatic hydroxyl groups is 1. The van der Waals surface area contributed by atoms with Gasteiger partial charge in [-0.25, -0.2) is 0 Å². The third-order valence-electron chi connectivity index (χ3n) is 2.67. The fraction of sp³-hybridized carbons (Fsp3) is 0.308. The van der Waals surface area contributed by atoms with Crippen molar-refractivity contribution in [2.24, 2.45) is 5.73 Å². The molecule has 3 N–H and O–H groups in total. The van der Waals surface area contributed by atoms with Gasteiger partial charge in [-0.3, -0.25) is 4.98 Å². The average molecular weight is 253 g/mol. The lowest BCUT2D eigenvalue weighted by Crippen LogP contribution is -2.12. The second-order valence-electron chi connectivity index (χ2n) is 3.90. The zero-order valence-corrected chi connectivity index (χ0v) is 10.4. The molecule has 1 aromatic carbocycles. The van der Waals surface area contributed by atoms with Crippen LogP contribution < -0.4 is 5.73 Å². The van der Waals surface area contributed by atoms with Gasteiger partial charge in [-0.05, 0) is 25.0 Å². The molecule has 92 valence electrons. The van der Waals surface area contributed by atoms with Crippen LogP contribution in [0.1, 0.15) is 24.6 Å². The minimum atomic E-state index is -0.0863. The van der Waals surface area contributed by atoms with Crippen molar-refractivity contribution in [2.45, 2.75) is 18.9 Å². The molecule has 0 aliphatic heterocycles. The maximum absolute atomic E-state index is 8.76. The smallest absolute Gasteiger partial charge is 0.0706 e. The molecule has 0 fully saturated rings. The van der Waals surface area contributed by atoms with E-state index in [1.807, 2.05) is 36.4 Å². The summed E-state index contributed by atoms with van der Waals surface area (Å²) >= 11 is 0. The highest BCUT2D eigenvalue weighted by atomic mass is 35.5. The number of hydrogen-bond donors (Lipinski definition) is 2. The van der Waals surface area contributed by atoms with Crippen molar-refractivity contribution >= 4 is 23.3 Å². The molecular formula is C13H17ClN2O. The van der Waals surface area contributed by atoms with E-state index in [2.05, 4.69) is 4.98 Å². The number of para-hydroxylation sites is 1. The molecule has 0 spiro atoms. The second-order valence-corrected chi connectivity index (χ2v) is 3.90. The molecule has 0 saturated heterocycles. The Morgan fingerprint density at radius 1 is 1.18 bits per heavy atom. The molecule has 0 amide bonds. The van der Waals surface area contributed by atoms with Crippen LogP contribution in [0.3, 0.4) is 0 Å². The molecule has 2 rings (SSSR count). The van der Waals surface area contributed by atoms with Gasteiger partial charge in [0, 0.05) is 18.0 Å². The summed E-state index contributed by atoms with van der Waals surface area (Å²) in [7, 11) is 0. The van der Waals surface area contributed by atoms with Crippen molar-refractivity contribution in [3.8, 4) is 0 Å². The number of pyridine rings is 1. The average Bonchev–Trinajstić information content (AvgIpc) is 2.35. The fourth-order valence-electron chi connectivity index (χ4n) is 1.75. The predicted octanol–water partition coefficient (Wildman–Crippen LogP) is 2.43. The minimum Gasteiger partial charge on any atom is -0.396 e. The summed E-state index contributed by atoms with van der Waals surface area (Å²) in [5.41, 5.74) is 7.87. The molecule has 0 bridgehead atoms. The van der Waals surface area contributed by atoms with Gasteiger partial charge in [0.1, 0.15) is 0 Å². The summed E-state index contributed by atoms with van der Waals surface area (Å²) < 4.78 is 0.